The number of aliphatic hydroxyl groups excluding tert-OH is 2. The van der Waals surface area contributed by atoms with Gasteiger partial charge >= 0.3 is 0 Å². The molecule has 0 saturated heterocycles. The molecule has 6 N–H and O–H groups in total. The highest BCUT2D eigenvalue weighted by atomic mass is 16.3. The average molecular weight is 197 g/mol. The van der Waals surface area contributed by atoms with Crippen LogP contribution in [0.4, 0.5) is 5.82 Å². The molecule has 14 heavy (non-hydrogen) atoms. The molecule has 2 atom stereocenters. The number of hydrogen-bond acceptors (Lipinski definition) is 5. The van der Waals surface area contributed by atoms with E-state index in [-0.39, 0.29) is 6.54 Å². The van der Waals surface area contributed by atoms with E-state index in [4.69, 9.17) is 11.5 Å². The summed E-state index contributed by atoms with van der Waals surface area (Å²) in [6, 6.07) is 1.64. The SMILES string of the molecule is Cc1cc(N)ncc1C(O)C(O)CN. The Balaban J connectivity index is 2.95. The van der Waals surface area contributed by atoms with Crippen molar-refractivity contribution >= 4 is 5.82 Å². The molecule has 0 fully saturated rings. The largest absolute Gasteiger partial charge is 0.389 e. The minimum Gasteiger partial charge on any atom is -0.389 e. The number of rotatable bonds is 3. The molecule has 5 nitrogen and oxygen atoms in total. The Morgan fingerprint density at radius 1 is 1.50 bits per heavy atom. The van der Waals surface area contributed by atoms with Crippen molar-refractivity contribution in [3.05, 3.63) is 23.4 Å². The van der Waals surface area contributed by atoms with Crippen LogP contribution in [0.1, 0.15) is 17.2 Å². The fraction of sp³-hybridized carbons (Fsp3) is 0.444. The summed E-state index contributed by atoms with van der Waals surface area (Å²) >= 11 is 0. The van der Waals surface area contributed by atoms with E-state index in [0.29, 0.717) is 11.4 Å². The Labute approximate surface area is 82.4 Å². The molecule has 0 saturated carbocycles. The third kappa shape index (κ3) is 2.20. The molecule has 1 heterocycles. The minimum atomic E-state index is -1.01. The number of aryl methyl sites for hydroxylation is 1. The molecule has 0 amide bonds. The van der Waals surface area contributed by atoms with Crippen LogP contribution in [0.25, 0.3) is 0 Å². The molecule has 0 bridgehead atoms. The second-order valence-corrected chi connectivity index (χ2v) is 3.21. The Bertz CT molecular complexity index is 317. The van der Waals surface area contributed by atoms with E-state index in [1.165, 1.54) is 6.20 Å². The maximum Gasteiger partial charge on any atom is 0.123 e. The third-order valence-electron chi connectivity index (χ3n) is 2.10. The lowest BCUT2D eigenvalue weighted by Gasteiger charge is -2.17. The van der Waals surface area contributed by atoms with Gasteiger partial charge in [-0.15, -0.1) is 0 Å². The van der Waals surface area contributed by atoms with Crippen LogP contribution in [0.2, 0.25) is 0 Å². The lowest BCUT2D eigenvalue weighted by atomic mass is 10.0. The molecule has 1 aromatic rings. The summed E-state index contributed by atoms with van der Waals surface area (Å²) in [5, 5.41) is 19.0. The molecule has 0 radical (unpaired) electrons. The van der Waals surface area contributed by atoms with E-state index in [2.05, 4.69) is 4.98 Å². The quantitative estimate of drug-likeness (QED) is 0.514. The van der Waals surface area contributed by atoms with Crippen molar-refractivity contribution in [2.75, 3.05) is 12.3 Å². The van der Waals surface area contributed by atoms with Crippen LogP contribution in [0.5, 0.6) is 0 Å². The van der Waals surface area contributed by atoms with E-state index in [1.807, 2.05) is 0 Å². The summed E-state index contributed by atoms with van der Waals surface area (Å²) in [5.74, 6) is 0.390. The fourth-order valence-corrected chi connectivity index (χ4v) is 1.23. The molecular weight excluding hydrogens is 182 g/mol. The first-order valence-electron chi connectivity index (χ1n) is 4.34. The van der Waals surface area contributed by atoms with Gasteiger partial charge in [0.15, 0.2) is 0 Å². The molecular formula is C9H15N3O2. The minimum absolute atomic E-state index is 0.00494. The molecule has 0 aliphatic carbocycles. The number of hydrogen-bond donors (Lipinski definition) is 4. The Morgan fingerprint density at radius 2 is 2.14 bits per heavy atom. The van der Waals surface area contributed by atoms with Crippen LogP contribution in [-0.4, -0.2) is 27.8 Å². The third-order valence-corrected chi connectivity index (χ3v) is 2.10. The predicted octanol–water partition coefficient (Wildman–Crippen LogP) is -0.675. The summed E-state index contributed by atoms with van der Waals surface area (Å²) in [7, 11) is 0. The van der Waals surface area contributed by atoms with Gasteiger partial charge in [0.1, 0.15) is 11.9 Å². The molecule has 0 aromatic carbocycles. The summed E-state index contributed by atoms with van der Waals surface area (Å²) in [4.78, 5) is 3.84. The first-order chi connectivity index (χ1) is 6.56. The van der Waals surface area contributed by atoms with Crippen molar-refractivity contribution in [3.63, 3.8) is 0 Å². The van der Waals surface area contributed by atoms with E-state index >= 15 is 0 Å². The number of nitrogens with zero attached hydrogens (tertiary/aromatic N) is 1. The van der Waals surface area contributed by atoms with Gasteiger partial charge in [-0.2, -0.15) is 0 Å². The molecule has 0 spiro atoms. The van der Waals surface area contributed by atoms with Gasteiger partial charge in [-0.25, -0.2) is 4.98 Å². The van der Waals surface area contributed by atoms with Crippen molar-refractivity contribution in [2.24, 2.45) is 5.73 Å². The van der Waals surface area contributed by atoms with Crippen molar-refractivity contribution in [1.29, 1.82) is 0 Å². The highest BCUT2D eigenvalue weighted by Gasteiger charge is 2.18. The van der Waals surface area contributed by atoms with Gasteiger partial charge in [0.05, 0.1) is 6.10 Å². The van der Waals surface area contributed by atoms with Gasteiger partial charge in [-0.3, -0.25) is 0 Å². The van der Waals surface area contributed by atoms with E-state index in [1.54, 1.807) is 13.0 Å². The standard InChI is InChI=1S/C9H15N3O2/c1-5-2-8(11)12-4-6(5)9(14)7(13)3-10/h2,4,7,9,13-14H,3,10H2,1H3,(H2,11,12). The van der Waals surface area contributed by atoms with Crippen LogP contribution in [0, 0.1) is 6.92 Å². The number of aromatic nitrogens is 1. The van der Waals surface area contributed by atoms with Crippen LogP contribution in [0.3, 0.4) is 0 Å². The zero-order valence-electron chi connectivity index (χ0n) is 8.01. The van der Waals surface area contributed by atoms with Gasteiger partial charge in [0.25, 0.3) is 0 Å². The molecule has 0 aliphatic heterocycles. The molecule has 5 heteroatoms. The Kier molecular flexibility index (Phi) is 3.40. The van der Waals surface area contributed by atoms with E-state index in [9.17, 15) is 10.2 Å². The average Bonchev–Trinajstić information content (AvgIpc) is 2.15. The predicted molar refractivity (Wildman–Crippen MR) is 53.4 cm³/mol. The highest BCUT2D eigenvalue weighted by Crippen LogP contribution is 2.20. The fourth-order valence-electron chi connectivity index (χ4n) is 1.23. The molecule has 1 aromatic heterocycles. The molecule has 1 rings (SSSR count). The Morgan fingerprint density at radius 3 is 2.64 bits per heavy atom. The molecule has 2 unspecified atom stereocenters. The summed E-state index contributed by atoms with van der Waals surface area (Å²) in [6.45, 7) is 1.80. The van der Waals surface area contributed by atoms with Gasteiger partial charge in [0, 0.05) is 18.3 Å². The first kappa shape index (κ1) is 10.9. The van der Waals surface area contributed by atoms with Crippen molar-refractivity contribution in [2.45, 2.75) is 19.1 Å². The monoisotopic (exact) mass is 197 g/mol. The number of nitrogens with two attached hydrogens (primary N) is 2. The van der Waals surface area contributed by atoms with Gasteiger partial charge in [-0.05, 0) is 18.6 Å². The number of nitrogen functional groups attached to an aromatic ring is 1. The van der Waals surface area contributed by atoms with Crippen LogP contribution >= 0.6 is 0 Å². The van der Waals surface area contributed by atoms with Crippen molar-refractivity contribution in [3.8, 4) is 0 Å². The van der Waals surface area contributed by atoms with Crippen molar-refractivity contribution in [1.82, 2.24) is 4.98 Å². The summed E-state index contributed by atoms with van der Waals surface area (Å²) in [5.41, 5.74) is 12.0. The number of pyridine rings is 1. The van der Waals surface area contributed by atoms with Crippen LogP contribution < -0.4 is 11.5 Å². The van der Waals surface area contributed by atoms with Gasteiger partial charge in [0.2, 0.25) is 0 Å². The van der Waals surface area contributed by atoms with Gasteiger partial charge < -0.3 is 21.7 Å². The second kappa shape index (κ2) is 4.36. The van der Waals surface area contributed by atoms with Gasteiger partial charge in [-0.1, -0.05) is 0 Å². The van der Waals surface area contributed by atoms with Crippen LogP contribution in [0.15, 0.2) is 12.3 Å². The number of anilines is 1. The van der Waals surface area contributed by atoms with E-state index < -0.39 is 12.2 Å². The maximum absolute atomic E-state index is 9.65. The molecule has 0 aliphatic rings. The lowest BCUT2D eigenvalue weighted by molar-refractivity contribution is 0.0238. The summed E-state index contributed by atoms with van der Waals surface area (Å²) < 4.78 is 0. The zero-order valence-corrected chi connectivity index (χ0v) is 8.01. The smallest absolute Gasteiger partial charge is 0.123 e. The number of aliphatic hydroxyl groups is 2. The van der Waals surface area contributed by atoms with Crippen molar-refractivity contribution < 1.29 is 10.2 Å². The topological polar surface area (TPSA) is 105 Å². The zero-order chi connectivity index (χ0) is 10.7. The lowest BCUT2D eigenvalue weighted by Crippen LogP contribution is -2.27. The maximum atomic E-state index is 9.65. The van der Waals surface area contributed by atoms with E-state index in [0.717, 1.165) is 5.56 Å². The highest BCUT2D eigenvalue weighted by molar-refractivity contribution is 5.37. The summed E-state index contributed by atoms with van der Waals surface area (Å²) in [6.07, 6.45) is -0.527. The first-order valence-corrected chi connectivity index (χ1v) is 4.34. The van der Waals surface area contributed by atoms with Crippen LogP contribution in [-0.2, 0) is 0 Å². The second-order valence-electron chi connectivity index (χ2n) is 3.21. The normalized spacial score (nSPS) is 15.1. The molecule has 78 valence electrons. The Hall–Kier alpha value is -1.17.